The summed E-state index contributed by atoms with van der Waals surface area (Å²) in [7, 11) is 0. The zero-order chi connectivity index (χ0) is 15.5. The molecule has 1 fully saturated rings. The maximum absolute atomic E-state index is 8.88. The molecule has 0 bridgehead atoms. The number of hydrogen-bond acceptors (Lipinski definition) is 5. The third-order valence-corrected chi connectivity index (χ3v) is 4.24. The van der Waals surface area contributed by atoms with Crippen molar-refractivity contribution in [3.8, 4) is 6.07 Å². The van der Waals surface area contributed by atoms with Gasteiger partial charge in [0.2, 0.25) is 5.89 Å². The first-order valence-corrected chi connectivity index (χ1v) is 7.78. The molecule has 3 rings (SSSR count). The third kappa shape index (κ3) is 3.18. The monoisotopic (exact) mass is 296 g/mol. The minimum atomic E-state index is 0.231. The molecule has 1 aromatic heterocycles. The van der Waals surface area contributed by atoms with Crippen LogP contribution in [0.15, 0.2) is 28.8 Å². The molecule has 0 saturated heterocycles. The van der Waals surface area contributed by atoms with Crippen LogP contribution in [0, 0.1) is 11.3 Å². The SMILES string of the molecule is CCN(Cc1nc(C2CC2)no1)[C@H](C)c1ccc(C#N)cc1. The quantitative estimate of drug-likeness (QED) is 0.817. The molecule has 0 radical (unpaired) electrons. The molecule has 5 heteroatoms. The molecule has 0 N–H and O–H groups in total. The molecule has 114 valence electrons. The van der Waals surface area contributed by atoms with Crippen molar-refractivity contribution >= 4 is 0 Å². The van der Waals surface area contributed by atoms with Gasteiger partial charge in [-0.3, -0.25) is 4.90 Å². The summed E-state index contributed by atoms with van der Waals surface area (Å²) in [6, 6.07) is 10.1. The zero-order valence-electron chi connectivity index (χ0n) is 13.0. The first kappa shape index (κ1) is 14.7. The highest BCUT2D eigenvalue weighted by Gasteiger charge is 2.29. The van der Waals surface area contributed by atoms with Gasteiger partial charge in [0.05, 0.1) is 18.2 Å². The van der Waals surface area contributed by atoms with E-state index in [1.165, 1.54) is 18.4 Å². The van der Waals surface area contributed by atoms with E-state index in [1.807, 2.05) is 24.3 Å². The Bertz CT molecular complexity index is 667. The predicted octanol–water partition coefficient (Wildman–Crippen LogP) is 3.40. The van der Waals surface area contributed by atoms with Crippen LogP contribution in [0.25, 0.3) is 0 Å². The molecule has 5 nitrogen and oxygen atoms in total. The Morgan fingerprint density at radius 2 is 2.09 bits per heavy atom. The van der Waals surface area contributed by atoms with Gasteiger partial charge in [-0.05, 0) is 44.0 Å². The summed E-state index contributed by atoms with van der Waals surface area (Å²) in [6.45, 7) is 5.82. The fraction of sp³-hybridized carbons (Fsp3) is 0.471. The highest BCUT2D eigenvalue weighted by molar-refractivity contribution is 5.32. The lowest BCUT2D eigenvalue weighted by Gasteiger charge is -2.26. The van der Waals surface area contributed by atoms with Crippen molar-refractivity contribution in [3.63, 3.8) is 0 Å². The number of nitrogens with zero attached hydrogens (tertiary/aromatic N) is 4. The molecule has 2 aromatic rings. The molecule has 1 atom stereocenters. The van der Waals surface area contributed by atoms with Gasteiger partial charge in [-0.15, -0.1) is 0 Å². The summed E-state index contributed by atoms with van der Waals surface area (Å²) in [5.74, 6) is 2.06. The number of rotatable bonds is 6. The van der Waals surface area contributed by atoms with Crippen molar-refractivity contribution in [2.24, 2.45) is 0 Å². The van der Waals surface area contributed by atoms with E-state index in [0.717, 1.165) is 12.4 Å². The van der Waals surface area contributed by atoms with Crippen LogP contribution < -0.4 is 0 Å². The van der Waals surface area contributed by atoms with E-state index in [0.29, 0.717) is 23.9 Å². The summed E-state index contributed by atoms with van der Waals surface area (Å²) in [5, 5.41) is 13.0. The van der Waals surface area contributed by atoms with Crippen LogP contribution in [0.1, 0.15) is 61.5 Å². The normalized spacial score (nSPS) is 15.7. The molecule has 1 saturated carbocycles. The van der Waals surface area contributed by atoms with E-state index in [9.17, 15) is 0 Å². The van der Waals surface area contributed by atoms with E-state index >= 15 is 0 Å². The Kier molecular flexibility index (Phi) is 4.21. The molecule has 1 aliphatic rings. The zero-order valence-corrected chi connectivity index (χ0v) is 13.0. The average molecular weight is 296 g/mol. The first-order valence-electron chi connectivity index (χ1n) is 7.78. The Morgan fingerprint density at radius 3 is 2.68 bits per heavy atom. The van der Waals surface area contributed by atoms with Crippen LogP contribution in [0.3, 0.4) is 0 Å². The van der Waals surface area contributed by atoms with Crippen LogP contribution in [-0.4, -0.2) is 21.6 Å². The van der Waals surface area contributed by atoms with Crippen LogP contribution in [0.5, 0.6) is 0 Å². The number of aromatic nitrogens is 2. The Balaban J connectivity index is 1.69. The van der Waals surface area contributed by atoms with Gasteiger partial charge in [0.25, 0.3) is 0 Å². The van der Waals surface area contributed by atoms with E-state index in [4.69, 9.17) is 9.78 Å². The molecule has 1 aromatic carbocycles. The number of nitriles is 1. The molecular formula is C17H20N4O. The standard InChI is InChI=1S/C17H20N4O/c1-3-21(11-16-19-17(20-22-16)15-8-9-15)12(2)14-6-4-13(10-18)5-7-14/h4-7,12,15H,3,8-9,11H2,1-2H3/t12-/m1/s1. The summed E-state index contributed by atoms with van der Waals surface area (Å²) in [5.41, 5.74) is 1.87. The predicted molar refractivity (Wildman–Crippen MR) is 81.9 cm³/mol. The van der Waals surface area contributed by atoms with Gasteiger partial charge in [-0.1, -0.05) is 24.2 Å². The van der Waals surface area contributed by atoms with Crippen LogP contribution >= 0.6 is 0 Å². The van der Waals surface area contributed by atoms with Gasteiger partial charge in [0.15, 0.2) is 5.82 Å². The number of benzene rings is 1. The molecule has 22 heavy (non-hydrogen) atoms. The van der Waals surface area contributed by atoms with Gasteiger partial charge in [0, 0.05) is 12.0 Å². The van der Waals surface area contributed by atoms with Gasteiger partial charge in [-0.25, -0.2) is 0 Å². The lowest BCUT2D eigenvalue weighted by atomic mass is 10.1. The molecular weight excluding hydrogens is 276 g/mol. The van der Waals surface area contributed by atoms with Crippen molar-refractivity contribution in [1.82, 2.24) is 15.0 Å². The second-order valence-electron chi connectivity index (χ2n) is 5.79. The summed E-state index contributed by atoms with van der Waals surface area (Å²) in [6.07, 6.45) is 2.36. The highest BCUT2D eigenvalue weighted by Crippen LogP contribution is 2.38. The van der Waals surface area contributed by atoms with Gasteiger partial charge >= 0.3 is 0 Å². The smallest absolute Gasteiger partial charge is 0.240 e. The Hall–Kier alpha value is -2.19. The third-order valence-electron chi connectivity index (χ3n) is 4.24. The van der Waals surface area contributed by atoms with Crippen LogP contribution in [0.2, 0.25) is 0 Å². The summed E-state index contributed by atoms with van der Waals surface area (Å²) in [4.78, 5) is 6.78. The Labute approximate surface area is 130 Å². The maximum atomic E-state index is 8.88. The van der Waals surface area contributed by atoms with E-state index in [1.54, 1.807) is 0 Å². The van der Waals surface area contributed by atoms with Crippen LogP contribution in [-0.2, 0) is 6.54 Å². The molecule has 0 aliphatic heterocycles. The Morgan fingerprint density at radius 1 is 1.36 bits per heavy atom. The lowest BCUT2D eigenvalue weighted by Crippen LogP contribution is -2.26. The summed E-state index contributed by atoms with van der Waals surface area (Å²) >= 11 is 0. The first-order chi connectivity index (χ1) is 10.7. The van der Waals surface area contributed by atoms with Gasteiger partial charge < -0.3 is 4.52 Å². The minimum Gasteiger partial charge on any atom is -0.338 e. The lowest BCUT2D eigenvalue weighted by molar-refractivity contribution is 0.184. The van der Waals surface area contributed by atoms with E-state index < -0.39 is 0 Å². The summed E-state index contributed by atoms with van der Waals surface area (Å²) < 4.78 is 5.37. The minimum absolute atomic E-state index is 0.231. The molecule has 1 heterocycles. The largest absolute Gasteiger partial charge is 0.338 e. The van der Waals surface area contributed by atoms with Gasteiger partial charge in [0.1, 0.15) is 0 Å². The topological polar surface area (TPSA) is 66.0 Å². The van der Waals surface area contributed by atoms with Crippen molar-refractivity contribution in [2.75, 3.05) is 6.54 Å². The fourth-order valence-electron chi connectivity index (χ4n) is 2.58. The van der Waals surface area contributed by atoms with Gasteiger partial charge in [-0.2, -0.15) is 10.2 Å². The fourth-order valence-corrected chi connectivity index (χ4v) is 2.58. The maximum Gasteiger partial charge on any atom is 0.240 e. The van der Waals surface area contributed by atoms with Crippen molar-refractivity contribution in [3.05, 3.63) is 47.1 Å². The van der Waals surface area contributed by atoms with Crippen molar-refractivity contribution in [1.29, 1.82) is 5.26 Å². The van der Waals surface area contributed by atoms with E-state index in [-0.39, 0.29) is 6.04 Å². The average Bonchev–Trinajstić information content (AvgIpc) is 3.31. The van der Waals surface area contributed by atoms with E-state index in [2.05, 4.69) is 35.0 Å². The second-order valence-corrected chi connectivity index (χ2v) is 5.79. The van der Waals surface area contributed by atoms with Crippen molar-refractivity contribution in [2.45, 2.75) is 45.2 Å². The second kappa shape index (κ2) is 6.29. The highest BCUT2D eigenvalue weighted by atomic mass is 16.5. The van der Waals surface area contributed by atoms with Crippen LogP contribution in [0.4, 0.5) is 0 Å². The molecule has 0 unspecified atom stereocenters. The van der Waals surface area contributed by atoms with Crippen molar-refractivity contribution < 1.29 is 4.52 Å². The number of hydrogen-bond donors (Lipinski definition) is 0. The molecule has 1 aliphatic carbocycles. The molecule has 0 amide bonds. The molecule has 0 spiro atoms.